The second-order valence-corrected chi connectivity index (χ2v) is 4.75. The maximum atomic E-state index is 11.4. The zero-order valence-electron chi connectivity index (χ0n) is 10.5. The molecule has 3 aromatic carbocycles. The minimum atomic E-state index is 0.797. The van der Waals surface area contributed by atoms with Gasteiger partial charge in [-0.2, -0.15) is 0 Å². The molecule has 0 fully saturated rings. The number of hydrogen-bond acceptors (Lipinski definition) is 1. The van der Waals surface area contributed by atoms with Crippen molar-refractivity contribution < 1.29 is 4.79 Å². The molecule has 0 saturated heterocycles. The highest BCUT2D eigenvalue weighted by molar-refractivity contribution is 6.14. The molecular weight excluding hydrogens is 220 g/mol. The number of hydrogen-bond donors (Lipinski definition) is 0. The fraction of sp³-hybridized carbons (Fsp3) is 0.118. The van der Waals surface area contributed by atoms with E-state index < -0.39 is 0 Å². The van der Waals surface area contributed by atoms with Crippen molar-refractivity contribution in [2.45, 2.75) is 13.8 Å². The molecule has 0 bridgehead atoms. The predicted molar refractivity (Wildman–Crippen MR) is 76.3 cm³/mol. The number of aryl methyl sites for hydroxylation is 2. The van der Waals surface area contributed by atoms with Gasteiger partial charge in [0.15, 0.2) is 6.29 Å². The number of benzene rings is 3. The summed E-state index contributed by atoms with van der Waals surface area (Å²) in [6.07, 6.45) is 0.972. The molecule has 3 aromatic rings. The Morgan fingerprint density at radius 1 is 0.833 bits per heavy atom. The number of carbonyl (C=O) groups excluding carboxylic acids is 1. The molecule has 0 N–H and O–H groups in total. The number of carbonyl (C=O) groups is 1. The summed E-state index contributed by atoms with van der Waals surface area (Å²) in [6, 6.07) is 14.4. The van der Waals surface area contributed by atoms with Gasteiger partial charge in [0.1, 0.15) is 0 Å². The SMILES string of the molecule is Cc1ccc2c(C=O)c3ccccc3c(C)c2c1. The van der Waals surface area contributed by atoms with E-state index in [4.69, 9.17) is 0 Å². The molecule has 18 heavy (non-hydrogen) atoms. The van der Waals surface area contributed by atoms with Crippen LogP contribution in [0.25, 0.3) is 21.5 Å². The lowest BCUT2D eigenvalue weighted by molar-refractivity contribution is 0.112. The second kappa shape index (κ2) is 3.95. The monoisotopic (exact) mass is 234 g/mol. The van der Waals surface area contributed by atoms with E-state index >= 15 is 0 Å². The van der Waals surface area contributed by atoms with Crippen molar-refractivity contribution in [2.24, 2.45) is 0 Å². The van der Waals surface area contributed by atoms with Crippen LogP contribution < -0.4 is 0 Å². The summed E-state index contributed by atoms with van der Waals surface area (Å²) in [5, 5.41) is 4.43. The summed E-state index contributed by atoms with van der Waals surface area (Å²) >= 11 is 0. The van der Waals surface area contributed by atoms with Crippen LogP contribution in [-0.2, 0) is 0 Å². The summed E-state index contributed by atoms with van der Waals surface area (Å²) < 4.78 is 0. The maximum absolute atomic E-state index is 11.4. The van der Waals surface area contributed by atoms with E-state index in [9.17, 15) is 4.79 Å². The zero-order chi connectivity index (χ0) is 12.7. The zero-order valence-corrected chi connectivity index (χ0v) is 10.5. The highest BCUT2D eigenvalue weighted by atomic mass is 16.1. The van der Waals surface area contributed by atoms with Crippen LogP contribution in [0, 0.1) is 13.8 Å². The van der Waals surface area contributed by atoms with Gasteiger partial charge in [0.25, 0.3) is 0 Å². The van der Waals surface area contributed by atoms with Gasteiger partial charge in [-0.1, -0.05) is 48.0 Å². The lowest BCUT2D eigenvalue weighted by Gasteiger charge is -2.11. The third-order valence-electron chi connectivity index (χ3n) is 3.61. The van der Waals surface area contributed by atoms with Crippen LogP contribution in [0.15, 0.2) is 42.5 Å². The Hall–Kier alpha value is -2.15. The second-order valence-electron chi connectivity index (χ2n) is 4.75. The molecule has 1 nitrogen and oxygen atoms in total. The van der Waals surface area contributed by atoms with Crippen LogP contribution >= 0.6 is 0 Å². The van der Waals surface area contributed by atoms with Gasteiger partial charge in [0.05, 0.1) is 0 Å². The molecule has 0 aliphatic carbocycles. The molecule has 0 spiro atoms. The maximum Gasteiger partial charge on any atom is 0.151 e. The van der Waals surface area contributed by atoms with Gasteiger partial charge in [-0.3, -0.25) is 4.79 Å². The molecule has 0 aliphatic heterocycles. The van der Waals surface area contributed by atoms with Gasteiger partial charge >= 0.3 is 0 Å². The fourth-order valence-corrected chi connectivity index (χ4v) is 2.67. The van der Waals surface area contributed by atoms with Gasteiger partial charge < -0.3 is 0 Å². The van der Waals surface area contributed by atoms with Crippen molar-refractivity contribution >= 4 is 27.8 Å². The molecule has 0 aromatic heterocycles. The first-order chi connectivity index (χ1) is 8.72. The molecule has 0 radical (unpaired) electrons. The van der Waals surface area contributed by atoms with E-state index in [-0.39, 0.29) is 0 Å². The molecule has 3 rings (SSSR count). The third kappa shape index (κ3) is 1.44. The Morgan fingerprint density at radius 2 is 1.50 bits per heavy atom. The molecule has 0 unspecified atom stereocenters. The number of rotatable bonds is 1. The van der Waals surface area contributed by atoms with E-state index in [1.54, 1.807) is 0 Å². The van der Waals surface area contributed by atoms with Crippen molar-refractivity contribution in [2.75, 3.05) is 0 Å². The minimum Gasteiger partial charge on any atom is -0.298 e. The largest absolute Gasteiger partial charge is 0.298 e. The normalized spacial score (nSPS) is 11.0. The van der Waals surface area contributed by atoms with Crippen LogP contribution in [0.3, 0.4) is 0 Å². The van der Waals surface area contributed by atoms with Gasteiger partial charge in [-0.05, 0) is 41.0 Å². The van der Waals surface area contributed by atoms with Crippen LogP contribution in [0.4, 0.5) is 0 Å². The molecule has 0 amide bonds. The Morgan fingerprint density at radius 3 is 2.22 bits per heavy atom. The lowest BCUT2D eigenvalue weighted by atomic mass is 9.92. The van der Waals surface area contributed by atoms with Crippen LogP contribution in [0.5, 0.6) is 0 Å². The molecule has 1 heteroatoms. The van der Waals surface area contributed by atoms with Gasteiger partial charge in [-0.25, -0.2) is 0 Å². The molecule has 0 heterocycles. The fourth-order valence-electron chi connectivity index (χ4n) is 2.67. The number of fused-ring (bicyclic) bond motifs is 2. The molecule has 88 valence electrons. The average molecular weight is 234 g/mol. The van der Waals surface area contributed by atoms with E-state index in [2.05, 4.69) is 32.0 Å². The van der Waals surface area contributed by atoms with Crippen LogP contribution in [-0.4, -0.2) is 6.29 Å². The van der Waals surface area contributed by atoms with Crippen molar-refractivity contribution in [1.82, 2.24) is 0 Å². The first kappa shape index (κ1) is 11.0. The molecular formula is C17H14O. The Labute approximate surface area is 106 Å². The quantitative estimate of drug-likeness (QED) is 0.450. The van der Waals surface area contributed by atoms with Crippen molar-refractivity contribution in [1.29, 1.82) is 0 Å². The third-order valence-corrected chi connectivity index (χ3v) is 3.61. The predicted octanol–water partition coefficient (Wildman–Crippen LogP) is 4.42. The van der Waals surface area contributed by atoms with E-state index in [0.29, 0.717) is 0 Å². The average Bonchev–Trinajstić information content (AvgIpc) is 2.40. The van der Waals surface area contributed by atoms with E-state index in [0.717, 1.165) is 28.0 Å². The van der Waals surface area contributed by atoms with Crippen LogP contribution in [0.1, 0.15) is 21.5 Å². The highest BCUT2D eigenvalue weighted by Crippen LogP contribution is 2.31. The van der Waals surface area contributed by atoms with Crippen LogP contribution in [0.2, 0.25) is 0 Å². The van der Waals surface area contributed by atoms with Crippen molar-refractivity contribution in [3.63, 3.8) is 0 Å². The summed E-state index contributed by atoms with van der Waals surface area (Å²) in [5.74, 6) is 0. The summed E-state index contributed by atoms with van der Waals surface area (Å²) in [5.41, 5.74) is 3.26. The lowest BCUT2D eigenvalue weighted by Crippen LogP contribution is -1.91. The first-order valence-corrected chi connectivity index (χ1v) is 6.09. The van der Waals surface area contributed by atoms with E-state index in [1.807, 2.05) is 24.3 Å². The standard InChI is InChI=1S/C17H14O/c1-11-7-8-15-16(9-11)12(2)13-5-3-4-6-14(13)17(15)10-18/h3-10H,1-2H3. The highest BCUT2D eigenvalue weighted by Gasteiger charge is 2.10. The van der Waals surface area contributed by atoms with Crippen molar-refractivity contribution in [3.05, 3.63) is 59.2 Å². The molecule has 0 saturated carbocycles. The van der Waals surface area contributed by atoms with E-state index in [1.165, 1.54) is 16.5 Å². The Kier molecular flexibility index (Phi) is 2.41. The topological polar surface area (TPSA) is 17.1 Å². The number of aldehydes is 1. The minimum absolute atomic E-state index is 0.797. The first-order valence-electron chi connectivity index (χ1n) is 6.09. The Bertz CT molecular complexity index is 769. The van der Waals surface area contributed by atoms with Gasteiger partial charge in [-0.15, -0.1) is 0 Å². The summed E-state index contributed by atoms with van der Waals surface area (Å²) in [4.78, 5) is 11.4. The molecule has 0 aliphatic rings. The van der Waals surface area contributed by atoms with Gasteiger partial charge in [0.2, 0.25) is 0 Å². The molecule has 0 atom stereocenters. The summed E-state index contributed by atoms with van der Waals surface area (Å²) in [7, 11) is 0. The Balaban J connectivity index is 2.65. The van der Waals surface area contributed by atoms with Gasteiger partial charge in [0, 0.05) is 5.56 Å². The smallest absolute Gasteiger partial charge is 0.151 e. The summed E-state index contributed by atoms with van der Waals surface area (Å²) in [6.45, 7) is 4.20. The van der Waals surface area contributed by atoms with Crippen molar-refractivity contribution in [3.8, 4) is 0 Å².